The number of para-hydroxylation sites is 1. The number of imidazole rings is 1. The van der Waals surface area contributed by atoms with E-state index in [1.165, 1.54) is 29.4 Å². The van der Waals surface area contributed by atoms with Crippen molar-refractivity contribution in [2.45, 2.75) is 65.0 Å². The molecule has 0 radical (unpaired) electrons. The van der Waals surface area contributed by atoms with Crippen molar-refractivity contribution < 1.29 is 33.4 Å². The smallest absolute Gasteiger partial charge is 0.462 e. The molecule has 3 heterocycles. The molecule has 0 spiro atoms. The maximum Gasteiger partial charge on any atom is 0.462 e. The van der Waals surface area contributed by atoms with E-state index < -0.39 is 55.8 Å². The molecule has 3 aromatic rings. The Bertz CT molecular complexity index is 1590. The quantitative estimate of drug-likeness (QED) is 0.203. The van der Waals surface area contributed by atoms with Crippen LogP contribution in [-0.2, 0) is 18.6 Å². The van der Waals surface area contributed by atoms with Crippen molar-refractivity contribution in [2.75, 3.05) is 18.9 Å². The van der Waals surface area contributed by atoms with E-state index in [4.69, 9.17) is 19.5 Å². The highest BCUT2D eigenvalue weighted by Gasteiger charge is 2.56. The maximum absolute atomic E-state index is 14.6. The van der Waals surface area contributed by atoms with Crippen LogP contribution >= 0.6 is 7.75 Å². The van der Waals surface area contributed by atoms with E-state index in [1.54, 1.807) is 30.3 Å². The predicted molar refractivity (Wildman–Crippen MR) is 155 cm³/mol. The van der Waals surface area contributed by atoms with Gasteiger partial charge < -0.3 is 25.2 Å². The lowest BCUT2D eigenvalue weighted by Gasteiger charge is -2.35. The second-order valence-corrected chi connectivity index (χ2v) is 12.7. The summed E-state index contributed by atoms with van der Waals surface area (Å²) >= 11 is 0. The molecule has 16 heteroatoms. The molecule has 1 aliphatic rings. The topological polar surface area (TPSA) is 219 Å². The lowest BCUT2D eigenvalue weighted by molar-refractivity contribution is -0.141. The number of nitriles is 1. The second kappa shape index (κ2) is 12.8. The van der Waals surface area contributed by atoms with Crippen LogP contribution in [0.5, 0.6) is 5.75 Å². The number of anilines is 1. The molecule has 2 aromatic heterocycles. The van der Waals surface area contributed by atoms with E-state index >= 15 is 0 Å². The molecule has 0 amide bonds. The number of rotatable bonds is 13. The number of aromatic amines is 1. The summed E-state index contributed by atoms with van der Waals surface area (Å²) in [6.45, 7) is 6.29. The number of aliphatic hydroxyl groups excluding tert-OH is 1. The van der Waals surface area contributed by atoms with E-state index in [2.05, 4.69) is 21.0 Å². The molecule has 1 unspecified atom stereocenters. The number of aromatic nitrogens is 4. The first-order chi connectivity index (χ1) is 20.3. The van der Waals surface area contributed by atoms with Crippen molar-refractivity contribution in [2.24, 2.45) is 11.3 Å². The largest absolute Gasteiger partial charge is 0.480 e. The number of ether oxygens (including phenoxy) is 1. The number of nitrogens with one attached hydrogen (secondary N) is 1. The average molecular weight is 618 g/mol. The third-order valence-electron chi connectivity index (χ3n) is 7.49. The molecule has 232 valence electrons. The molecule has 1 saturated heterocycles. The SMILES string of the molecule is CCCC(C)CN([C@@H](C)C(=O)O)[P@@](=O)(OC[C@H]1O[C@@H](n2cnc3c(=O)[nH]c(N)nc32)[C@](C)(C#N)[C@@H]1O)Oc1ccccc1. The van der Waals surface area contributed by atoms with Crippen LogP contribution in [0, 0.1) is 22.7 Å². The van der Waals surface area contributed by atoms with Crippen molar-refractivity contribution in [1.29, 1.82) is 5.26 Å². The number of aliphatic hydroxyl groups is 1. The molecule has 0 aliphatic carbocycles. The lowest BCUT2D eigenvalue weighted by Crippen LogP contribution is -2.42. The fourth-order valence-corrected chi connectivity index (χ4v) is 7.10. The molecule has 0 bridgehead atoms. The van der Waals surface area contributed by atoms with Gasteiger partial charge in [0.15, 0.2) is 17.4 Å². The minimum Gasteiger partial charge on any atom is -0.480 e. The van der Waals surface area contributed by atoms with Crippen LogP contribution in [0.1, 0.15) is 46.8 Å². The van der Waals surface area contributed by atoms with Gasteiger partial charge in [-0.1, -0.05) is 38.5 Å². The van der Waals surface area contributed by atoms with Crippen molar-refractivity contribution in [1.82, 2.24) is 24.2 Å². The Morgan fingerprint density at radius 2 is 2.07 bits per heavy atom. The molecular weight excluding hydrogens is 581 g/mol. The number of carboxylic acid groups (broad SMARTS) is 1. The molecule has 0 saturated carbocycles. The molecule has 7 atom stereocenters. The Labute approximate surface area is 247 Å². The highest BCUT2D eigenvalue weighted by Crippen LogP contribution is 2.55. The number of nitrogens with two attached hydrogens (primary N) is 1. The maximum atomic E-state index is 14.6. The third-order valence-corrected chi connectivity index (χ3v) is 9.55. The van der Waals surface area contributed by atoms with Gasteiger partial charge in [0, 0.05) is 6.54 Å². The van der Waals surface area contributed by atoms with Gasteiger partial charge in [0.1, 0.15) is 29.4 Å². The Balaban J connectivity index is 1.68. The minimum absolute atomic E-state index is 0.0333. The molecule has 15 nitrogen and oxygen atoms in total. The first-order valence-electron chi connectivity index (χ1n) is 13.8. The summed E-state index contributed by atoms with van der Waals surface area (Å²) in [7, 11) is -4.42. The lowest BCUT2D eigenvalue weighted by atomic mass is 9.84. The number of carbonyl (C=O) groups is 1. The molecule has 1 aliphatic heterocycles. The van der Waals surface area contributed by atoms with Gasteiger partial charge in [-0.3, -0.25) is 23.7 Å². The van der Waals surface area contributed by atoms with E-state index in [1.807, 2.05) is 13.8 Å². The minimum atomic E-state index is -4.42. The highest BCUT2D eigenvalue weighted by molar-refractivity contribution is 7.51. The number of hydrogen-bond acceptors (Lipinski definition) is 11. The van der Waals surface area contributed by atoms with Crippen LogP contribution < -0.4 is 15.8 Å². The van der Waals surface area contributed by atoms with Crippen molar-refractivity contribution >= 4 is 30.8 Å². The van der Waals surface area contributed by atoms with Crippen molar-refractivity contribution in [3.8, 4) is 11.8 Å². The number of carboxylic acids is 1. The number of aliphatic carboxylic acids is 1. The van der Waals surface area contributed by atoms with Gasteiger partial charge in [0.25, 0.3) is 5.56 Å². The summed E-state index contributed by atoms with van der Waals surface area (Å²) in [5.74, 6) is -1.28. The zero-order chi connectivity index (χ0) is 31.5. The molecule has 1 fully saturated rings. The Hall–Kier alpha value is -3.80. The number of fused-ring (bicyclic) bond motifs is 1. The summed E-state index contributed by atoms with van der Waals surface area (Å²) in [5.41, 5.74) is 3.50. The predicted octanol–water partition coefficient (Wildman–Crippen LogP) is 2.90. The zero-order valence-corrected chi connectivity index (χ0v) is 25.2. The average Bonchev–Trinajstić information content (AvgIpc) is 3.49. The van der Waals surface area contributed by atoms with Crippen LogP contribution in [0.15, 0.2) is 41.5 Å². The van der Waals surface area contributed by atoms with E-state index in [-0.39, 0.29) is 35.3 Å². The van der Waals surface area contributed by atoms with Crippen LogP contribution in [0.2, 0.25) is 0 Å². The van der Waals surface area contributed by atoms with E-state index in [0.717, 1.165) is 12.8 Å². The summed E-state index contributed by atoms with van der Waals surface area (Å²) in [6, 6.07) is 9.00. The first kappa shape index (κ1) is 32.1. The Morgan fingerprint density at radius 3 is 2.70 bits per heavy atom. The summed E-state index contributed by atoms with van der Waals surface area (Å²) < 4.78 is 35.0. The number of nitrogen functional groups attached to an aromatic ring is 1. The summed E-state index contributed by atoms with van der Waals surface area (Å²) in [4.78, 5) is 35.0. The van der Waals surface area contributed by atoms with Gasteiger partial charge in [-0.2, -0.15) is 14.9 Å². The second-order valence-electron chi connectivity index (χ2n) is 10.8. The Kier molecular flexibility index (Phi) is 9.58. The zero-order valence-electron chi connectivity index (χ0n) is 24.3. The monoisotopic (exact) mass is 617 g/mol. The molecule has 4 rings (SSSR count). The normalized spacial score (nSPS) is 24.8. The highest BCUT2D eigenvalue weighted by atomic mass is 31.2. The number of H-pyrrole nitrogens is 1. The Morgan fingerprint density at radius 1 is 1.37 bits per heavy atom. The number of benzene rings is 1. The van der Waals surface area contributed by atoms with Crippen LogP contribution in [0.4, 0.5) is 5.95 Å². The fraction of sp³-hybridized carbons (Fsp3) is 0.519. The molecular formula is C27H36N7O8P. The standard InChI is InChI=1S/C27H36N7O8P/c1-5-9-16(2)12-34(17(3)24(37)38)43(39,42-18-10-7-6-8-11-18)40-13-19-21(35)27(4,14-28)25(41-19)33-15-30-20-22(33)31-26(29)32-23(20)36/h6-8,10-11,15-17,19,21,25,35H,5,9,12-13H2,1-4H3,(H,37,38)(H3,29,31,32,36)/t16?,17-,19+,21+,25+,27+,43+/m0/s1. The van der Waals surface area contributed by atoms with E-state index in [9.17, 15) is 29.6 Å². The number of hydrogen-bond donors (Lipinski definition) is 4. The van der Waals surface area contributed by atoms with Gasteiger partial charge in [-0.15, -0.1) is 0 Å². The van der Waals surface area contributed by atoms with Crippen LogP contribution in [0.3, 0.4) is 0 Å². The van der Waals surface area contributed by atoms with Crippen LogP contribution in [0.25, 0.3) is 11.2 Å². The van der Waals surface area contributed by atoms with Crippen molar-refractivity contribution in [3.05, 3.63) is 47.0 Å². The van der Waals surface area contributed by atoms with Gasteiger partial charge in [-0.05, 0) is 38.3 Å². The van der Waals surface area contributed by atoms with Gasteiger partial charge in [0.2, 0.25) is 5.95 Å². The summed E-state index contributed by atoms with van der Waals surface area (Å²) in [6.07, 6.45) is -1.10. The number of nitrogens with zero attached hydrogens (tertiary/aromatic N) is 5. The van der Waals surface area contributed by atoms with E-state index in [0.29, 0.717) is 0 Å². The van der Waals surface area contributed by atoms with Gasteiger partial charge in [0.05, 0.1) is 19.0 Å². The van der Waals surface area contributed by atoms with Crippen molar-refractivity contribution in [3.63, 3.8) is 0 Å². The summed E-state index contributed by atoms with van der Waals surface area (Å²) in [5, 5.41) is 31.3. The third kappa shape index (κ3) is 6.43. The van der Waals surface area contributed by atoms with Gasteiger partial charge in [-0.25, -0.2) is 9.55 Å². The molecule has 1 aromatic carbocycles. The van der Waals surface area contributed by atoms with Gasteiger partial charge >= 0.3 is 13.7 Å². The first-order valence-corrected chi connectivity index (χ1v) is 15.3. The molecule has 43 heavy (non-hydrogen) atoms. The molecule has 5 N–H and O–H groups in total. The van der Waals surface area contributed by atoms with Crippen LogP contribution in [-0.4, -0.2) is 71.8 Å². The fourth-order valence-electron chi connectivity index (χ4n) is 5.07.